The summed E-state index contributed by atoms with van der Waals surface area (Å²) in [4.78, 5) is 36.4. The first kappa shape index (κ1) is 23.0. The van der Waals surface area contributed by atoms with E-state index in [0.29, 0.717) is 80.5 Å². The lowest BCUT2D eigenvalue weighted by atomic mass is 10.0. The molecule has 3 aromatic rings. The van der Waals surface area contributed by atoms with E-state index in [9.17, 15) is 19.1 Å². The molecular formula is C24H26FN5O5. The first-order valence-corrected chi connectivity index (χ1v) is 11.6. The number of halogens is 1. The highest BCUT2D eigenvalue weighted by Crippen LogP contribution is 2.30. The van der Waals surface area contributed by atoms with Gasteiger partial charge in [-0.05, 0) is 18.9 Å². The number of rotatable bonds is 6. The number of aromatic nitrogens is 3. The van der Waals surface area contributed by atoms with Gasteiger partial charge in [0.15, 0.2) is 11.5 Å². The van der Waals surface area contributed by atoms with Gasteiger partial charge in [-0.25, -0.2) is 9.18 Å². The standard InChI is InChI=1S/C24H26FN5O5/c25-16-11-20-19(27-13-16)1-2-23(31)29(20)8-7-28-5-3-18(4-6-28)30(24(32)33)15-17-12-21-22(14-26-17)35-10-9-34-21/h1-2,11-14,18H,3-10,15H2,(H,32,33). The van der Waals surface area contributed by atoms with Crippen molar-refractivity contribution in [2.75, 3.05) is 32.8 Å². The molecule has 0 atom stereocenters. The van der Waals surface area contributed by atoms with Crippen LogP contribution in [0.3, 0.4) is 0 Å². The van der Waals surface area contributed by atoms with Gasteiger partial charge in [0.1, 0.15) is 19.0 Å². The lowest BCUT2D eigenvalue weighted by Gasteiger charge is -2.37. The molecule has 0 saturated carbocycles. The number of piperidine rings is 1. The molecule has 1 fully saturated rings. The summed E-state index contributed by atoms with van der Waals surface area (Å²) in [7, 11) is 0. The highest BCUT2D eigenvalue weighted by Gasteiger charge is 2.28. The van der Waals surface area contributed by atoms with Crippen LogP contribution in [0, 0.1) is 5.82 Å². The summed E-state index contributed by atoms with van der Waals surface area (Å²) in [6, 6.07) is 5.95. The average molecular weight is 484 g/mol. The van der Waals surface area contributed by atoms with Crippen LogP contribution in [0.4, 0.5) is 9.18 Å². The van der Waals surface area contributed by atoms with Crippen molar-refractivity contribution in [1.82, 2.24) is 24.3 Å². The van der Waals surface area contributed by atoms with E-state index in [1.165, 1.54) is 21.6 Å². The maximum absolute atomic E-state index is 13.7. The molecule has 3 aromatic heterocycles. The van der Waals surface area contributed by atoms with Crippen LogP contribution in [0.25, 0.3) is 11.0 Å². The van der Waals surface area contributed by atoms with Crippen molar-refractivity contribution >= 4 is 17.1 Å². The Labute approximate surface area is 200 Å². The quantitative estimate of drug-likeness (QED) is 0.569. The number of hydrogen-bond acceptors (Lipinski definition) is 7. The predicted molar refractivity (Wildman–Crippen MR) is 124 cm³/mol. The van der Waals surface area contributed by atoms with Crippen molar-refractivity contribution in [2.45, 2.75) is 32.0 Å². The molecule has 2 aliphatic heterocycles. The third-order valence-electron chi connectivity index (χ3n) is 6.51. The summed E-state index contributed by atoms with van der Waals surface area (Å²) in [6.07, 6.45) is 3.05. The summed E-state index contributed by atoms with van der Waals surface area (Å²) in [5.74, 6) is 0.665. The molecule has 35 heavy (non-hydrogen) atoms. The fourth-order valence-corrected chi connectivity index (χ4v) is 4.67. The third kappa shape index (κ3) is 5.04. The molecule has 11 heteroatoms. The van der Waals surface area contributed by atoms with E-state index in [-0.39, 0.29) is 18.1 Å². The molecule has 0 radical (unpaired) electrons. The molecule has 1 N–H and O–H groups in total. The minimum atomic E-state index is -0.989. The Hall–Kier alpha value is -3.73. The largest absolute Gasteiger partial charge is 0.486 e. The Morgan fingerprint density at radius 1 is 1.09 bits per heavy atom. The zero-order chi connectivity index (χ0) is 24.4. The van der Waals surface area contributed by atoms with E-state index in [1.807, 2.05) is 0 Å². The molecule has 1 saturated heterocycles. The predicted octanol–water partition coefficient (Wildman–Crippen LogP) is 2.35. The number of amides is 1. The normalized spacial score (nSPS) is 16.4. The minimum Gasteiger partial charge on any atom is -0.486 e. The lowest BCUT2D eigenvalue weighted by molar-refractivity contribution is 0.0848. The van der Waals surface area contributed by atoms with Gasteiger partial charge in [-0.3, -0.25) is 19.7 Å². The Morgan fingerprint density at radius 2 is 1.86 bits per heavy atom. The van der Waals surface area contributed by atoms with Gasteiger partial charge in [0.05, 0.1) is 35.7 Å². The van der Waals surface area contributed by atoms with Gasteiger partial charge in [0.25, 0.3) is 5.56 Å². The number of ether oxygens (including phenoxy) is 2. The van der Waals surface area contributed by atoms with Crippen molar-refractivity contribution < 1.29 is 23.8 Å². The molecule has 10 nitrogen and oxygen atoms in total. The summed E-state index contributed by atoms with van der Waals surface area (Å²) in [5, 5.41) is 9.85. The number of likely N-dealkylation sites (tertiary alicyclic amines) is 1. The highest BCUT2D eigenvalue weighted by atomic mass is 19.1. The molecule has 5 rings (SSSR count). The van der Waals surface area contributed by atoms with Crippen molar-refractivity contribution in [1.29, 1.82) is 0 Å². The Kier molecular flexibility index (Phi) is 6.49. The number of pyridine rings is 3. The maximum atomic E-state index is 13.7. The van der Waals surface area contributed by atoms with E-state index in [2.05, 4.69) is 14.9 Å². The molecule has 2 aliphatic rings. The average Bonchev–Trinajstić information content (AvgIpc) is 2.87. The SMILES string of the molecule is O=C(O)N(Cc1cc2c(cn1)OCCO2)C1CCN(CCn2c(=O)ccc3ncc(F)cc32)CC1. The van der Waals surface area contributed by atoms with E-state index in [0.717, 1.165) is 6.20 Å². The van der Waals surface area contributed by atoms with Crippen molar-refractivity contribution in [2.24, 2.45) is 0 Å². The van der Waals surface area contributed by atoms with Crippen molar-refractivity contribution in [3.8, 4) is 11.5 Å². The molecule has 0 aliphatic carbocycles. The second-order valence-electron chi connectivity index (χ2n) is 8.68. The van der Waals surface area contributed by atoms with Gasteiger partial charge in [-0.15, -0.1) is 0 Å². The van der Waals surface area contributed by atoms with E-state index >= 15 is 0 Å². The van der Waals surface area contributed by atoms with Crippen LogP contribution >= 0.6 is 0 Å². The number of fused-ring (bicyclic) bond motifs is 2. The molecule has 0 spiro atoms. The summed E-state index contributed by atoms with van der Waals surface area (Å²) >= 11 is 0. The van der Waals surface area contributed by atoms with Gasteiger partial charge in [0, 0.05) is 50.4 Å². The summed E-state index contributed by atoms with van der Waals surface area (Å²) in [5.41, 5.74) is 1.44. The van der Waals surface area contributed by atoms with E-state index in [1.54, 1.807) is 18.3 Å². The van der Waals surface area contributed by atoms with Crippen LogP contribution in [0.2, 0.25) is 0 Å². The van der Waals surface area contributed by atoms with Gasteiger partial charge in [-0.1, -0.05) is 0 Å². The topological polar surface area (TPSA) is 110 Å². The second kappa shape index (κ2) is 9.87. The zero-order valence-corrected chi connectivity index (χ0v) is 19.1. The monoisotopic (exact) mass is 483 g/mol. The molecule has 0 aromatic carbocycles. The van der Waals surface area contributed by atoms with Crippen molar-refractivity contribution in [3.05, 3.63) is 58.5 Å². The number of nitrogens with zero attached hydrogens (tertiary/aromatic N) is 5. The van der Waals surface area contributed by atoms with Gasteiger partial charge >= 0.3 is 6.09 Å². The summed E-state index contributed by atoms with van der Waals surface area (Å²) < 4.78 is 26.3. The Morgan fingerprint density at radius 3 is 2.63 bits per heavy atom. The molecule has 0 unspecified atom stereocenters. The lowest BCUT2D eigenvalue weighted by Crippen LogP contribution is -2.47. The van der Waals surface area contributed by atoms with Crippen molar-refractivity contribution in [3.63, 3.8) is 0 Å². The third-order valence-corrected chi connectivity index (χ3v) is 6.51. The van der Waals surface area contributed by atoms with Crippen LogP contribution in [-0.4, -0.2) is 74.4 Å². The molecule has 0 bridgehead atoms. The number of carboxylic acid groups (broad SMARTS) is 1. The second-order valence-corrected chi connectivity index (χ2v) is 8.68. The van der Waals surface area contributed by atoms with Crippen LogP contribution in [-0.2, 0) is 13.1 Å². The van der Waals surface area contributed by atoms with Crippen LogP contribution < -0.4 is 15.0 Å². The van der Waals surface area contributed by atoms with Crippen LogP contribution in [0.1, 0.15) is 18.5 Å². The number of hydrogen-bond donors (Lipinski definition) is 1. The van der Waals surface area contributed by atoms with Gasteiger partial charge < -0.3 is 24.0 Å². The first-order chi connectivity index (χ1) is 17.0. The fraction of sp³-hybridized carbons (Fsp3) is 0.417. The molecular weight excluding hydrogens is 457 g/mol. The van der Waals surface area contributed by atoms with E-state index in [4.69, 9.17) is 9.47 Å². The fourth-order valence-electron chi connectivity index (χ4n) is 4.67. The minimum absolute atomic E-state index is 0.141. The number of carbonyl (C=O) groups is 1. The van der Waals surface area contributed by atoms with E-state index < -0.39 is 11.9 Å². The first-order valence-electron chi connectivity index (χ1n) is 11.6. The highest BCUT2D eigenvalue weighted by molar-refractivity contribution is 5.74. The summed E-state index contributed by atoms with van der Waals surface area (Å²) in [6.45, 7) is 3.46. The maximum Gasteiger partial charge on any atom is 0.407 e. The van der Waals surface area contributed by atoms with Crippen LogP contribution in [0.5, 0.6) is 11.5 Å². The Balaban J connectivity index is 1.21. The van der Waals surface area contributed by atoms with Crippen LogP contribution in [0.15, 0.2) is 41.5 Å². The van der Waals surface area contributed by atoms with Gasteiger partial charge in [-0.2, -0.15) is 0 Å². The molecule has 184 valence electrons. The van der Waals surface area contributed by atoms with Gasteiger partial charge in [0.2, 0.25) is 0 Å². The molecule has 5 heterocycles. The Bertz CT molecular complexity index is 1290. The molecule has 1 amide bonds. The zero-order valence-electron chi connectivity index (χ0n) is 19.1. The smallest absolute Gasteiger partial charge is 0.407 e.